The van der Waals surface area contributed by atoms with Crippen molar-refractivity contribution in [3.05, 3.63) is 48.2 Å². The van der Waals surface area contributed by atoms with Crippen LogP contribution in [0.3, 0.4) is 0 Å². The molecule has 0 amide bonds. The van der Waals surface area contributed by atoms with Crippen LogP contribution < -0.4 is 5.32 Å². The Labute approximate surface area is 128 Å². The average molecular weight is 320 g/mol. The second kappa shape index (κ2) is 5.67. The molecule has 0 bridgehead atoms. The second-order valence-electron chi connectivity index (χ2n) is 4.73. The lowest BCUT2D eigenvalue weighted by Crippen LogP contribution is -2.11. The summed E-state index contributed by atoms with van der Waals surface area (Å²) in [5.74, 6) is -0.00508. The quantitative estimate of drug-likeness (QED) is 0.774. The molecule has 0 unspecified atom stereocenters. The van der Waals surface area contributed by atoms with Gasteiger partial charge in [0.1, 0.15) is 5.82 Å². The van der Waals surface area contributed by atoms with Crippen LogP contribution in [0.2, 0.25) is 0 Å². The summed E-state index contributed by atoms with van der Waals surface area (Å²) < 4.78 is 39.2. The van der Waals surface area contributed by atoms with Crippen molar-refractivity contribution in [2.24, 2.45) is 0 Å². The maximum absolute atomic E-state index is 13.1. The minimum Gasteiger partial charge on any atom is -0.337 e. The number of alkyl halides is 3. The number of aromatic amines is 1. The third kappa shape index (κ3) is 3.28. The molecule has 118 valence electrons. The van der Waals surface area contributed by atoms with E-state index in [1.807, 2.05) is 0 Å². The zero-order valence-corrected chi connectivity index (χ0v) is 11.9. The average Bonchev–Trinajstić information content (AvgIpc) is 2.92. The van der Waals surface area contributed by atoms with Crippen molar-refractivity contribution >= 4 is 11.5 Å². The van der Waals surface area contributed by atoms with E-state index in [0.717, 1.165) is 6.07 Å². The summed E-state index contributed by atoms with van der Waals surface area (Å²) in [5, 5.41) is 9.32. The highest BCUT2D eigenvalue weighted by Crippen LogP contribution is 2.31. The smallest absolute Gasteiger partial charge is 0.337 e. The summed E-state index contributed by atoms with van der Waals surface area (Å²) >= 11 is 0. The highest BCUT2D eigenvalue weighted by Gasteiger charge is 2.34. The fourth-order valence-corrected chi connectivity index (χ4v) is 1.90. The maximum atomic E-state index is 13.1. The largest absolute Gasteiger partial charge is 0.433 e. The number of rotatable bonds is 3. The van der Waals surface area contributed by atoms with Crippen molar-refractivity contribution in [3.8, 4) is 11.4 Å². The van der Waals surface area contributed by atoms with Gasteiger partial charge >= 0.3 is 6.18 Å². The van der Waals surface area contributed by atoms with Gasteiger partial charge in [-0.25, -0.2) is 9.97 Å². The van der Waals surface area contributed by atoms with E-state index in [1.165, 1.54) is 18.6 Å². The second-order valence-corrected chi connectivity index (χ2v) is 4.73. The third-order valence-corrected chi connectivity index (χ3v) is 3.05. The van der Waals surface area contributed by atoms with Crippen molar-refractivity contribution in [1.82, 2.24) is 25.1 Å². The molecule has 0 aliphatic heterocycles. The molecule has 0 fully saturated rings. The zero-order chi connectivity index (χ0) is 16.4. The van der Waals surface area contributed by atoms with E-state index in [0.29, 0.717) is 16.9 Å². The number of halogens is 3. The lowest BCUT2D eigenvalue weighted by molar-refractivity contribution is -0.141. The Morgan fingerprint density at radius 3 is 2.48 bits per heavy atom. The van der Waals surface area contributed by atoms with Gasteiger partial charge in [-0.3, -0.25) is 10.1 Å². The molecule has 0 saturated heterocycles. The fourth-order valence-electron chi connectivity index (χ4n) is 1.90. The van der Waals surface area contributed by atoms with Crippen LogP contribution >= 0.6 is 0 Å². The molecule has 0 aliphatic rings. The normalized spacial score (nSPS) is 11.5. The minimum absolute atomic E-state index is 0.0311. The molecule has 3 rings (SSSR count). The number of nitrogens with zero attached hydrogens (tertiary/aromatic N) is 4. The Morgan fingerprint density at radius 2 is 1.87 bits per heavy atom. The van der Waals surface area contributed by atoms with Gasteiger partial charge in [-0.2, -0.15) is 18.3 Å². The number of hydrogen-bond donors (Lipinski definition) is 2. The van der Waals surface area contributed by atoms with E-state index >= 15 is 0 Å². The minimum atomic E-state index is -4.58. The first-order valence-corrected chi connectivity index (χ1v) is 6.57. The van der Waals surface area contributed by atoms with Crippen LogP contribution in [0.5, 0.6) is 0 Å². The van der Waals surface area contributed by atoms with Crippen LogP contribution in [-0.4, -0.2) is 25.1 Å². The Kier molecular flexibility index (Phi) is 3.68. The molecular weight excluding hydrogens is 309 g/mol. The lowest BCUT2D eigenvalue weighted by Gasteiger charge is -2.11. The van der Waals surface area contributed by atoms with E-state index < -0.39 is 11.9 Å². The topological polar surface area (TPSA) is 79.4 Å². The molecule has 6 nitrogen and oxygen atoms in total. The summed E-state index contributed by atoms with van der Waals surface area (Å²) in [7, 11) is 0. The molecule has 3 aromatic rings. The highest BCUT2D eigenvalue weighted by atomic mass is 19.4. The Balaban J connectivity index is 2.07. The number of H-pyrrole nitrogens is 1. The van der Waals surface area contributed by atoms with Gasteiger partial charge in [0.2, 0.25) is 0 Å². The van der Waals surface area contributed by atoms with Gasteiger partial charge in [0, 0.05) is 24.0 Å². The maximum Gasteiger partial charge on any atom is 0.433 e. The molecule has 0 saturated carbocycles. The van der Waals surface area contributed by atoms with Gasteiger partial charge in [0.05, 0.1) is 17.6 Å². The van der Waals surface area contributed by atoms with Gasteiger partial charge in [0.25, 0.3) is 0 Å². The van der Waals surface area contributed by atoms with Gasteiger partial charge in [0.15, 0.2) is 11.5 Å². The van der Waals surface area contributed by atoms with Crippen molar-refractivity contribution in [3.63, 3.8) is 0 Å². The molecule has 3 heterocycles. The summed E-state index contributed by atoms with van der Waals surface area (Å²) in [5.41, 5.74) is 0.640. The summed E-state index contributed by atoms with van der Waals surface area (Å²) in [6, 6.07) is 3.95. The van der Waals surface area contributed by atoms with Gasteiger partial charge < -0.3 is 5.32 Å². The van der Waals surface area contributed by atoms with E-state index in [9.17, 15) is 13.2 Å². The van der Waals surface area contributed by atoms with Crippen molar-refractivity contribution in [2.75, 3.05) is 5.32 Å². The molecule has 0 spiro atoms. The number of nitrogens with one attached hydrogen (secondary N) is 2. The Bertz CT molecular complexity index is 813. The first-order chi connectivity index (χ1) is 10.9. The van der Waals surface area contributed by atoms with Gasteiger partial charge in [-0.05, 0) is 19.1 Å². The van der Waals surface area contributed by atoms with Crippen molar-refractivity contribution in [1.29, 1.82) is 0 Å². The fraction of sp³-hybridized carbons (Fsp3) is 0.143. The zero-order valence-electron chi connectivity index (χ0n) is 11.9. The molecular formula is C14H11F3N6. The van der Waals surface area contributed by atoms with Crippen LogP contribution in [-0.2, 0) is 6.18 Å². The van der Waals surface area contributed by atoms with Crippen LogP contribution in [0.25, 0.3) is 11.4 Å². The van der Waals surface area contributed by atoms with E-state index in [2.05, 4.69) is 30.5 Å². The monoisotopic (exact) mass is 320 g/mol. The number of anilines is 2. The van der Waals surface area contributed by atoms with Crippen molar-refractivity contribution in [2.45, 2.75) is 13.1 Å². The van der Waals surface area contributed by atoms with Crippen LogP contribution in [0, 0.1) is 6.92 Å². The number of pyridine rings is 1. The van der Waals surface area contributed by atoms with Crippen LogP contribution in [0.4, 0.5) is 24.7 Å². The van der Waals surface area contributed by atoms with E-state index in [1.54, 1.807) is 19.1 Å². The highest BCUT2D eigenvalue weighted by molar-refractivity contribution is 5.62. The number of aromatic nitrogens is 5. The van der Waals surface area contributed by atoms with Crippen LogP contribution in [0.15, 0.2) is 36.8 Å². The standard InChI is InChI=1S/C14H11F3N6/c1-8-10(7-19-23-8)20-12-6-11(14(15,16)17)21-13(22-12)9-2-4-18-5-3-9/h2-7H,1H3,(H,19,23)(H,20,21,22). The van der Waals surface area contributed by atoms with Crippen molar-refractivity contribution < 1.29 is 13.2 Å². The number of aryl methyl sites for hydroxylation is 1. The SMILES string of the molecule is Cc1[nH]ncc1Nc1cc(C(F)(F)F)nc(-c2ccncc2)n1. The van der Waals surface area contributed by atoms with Gasteiger partial charge in [-0.1, -0.05) is 0 Å². The molecule has 2 N–H and O–H groups in total. The molecule has 0 aromatic carbocycles. The summed E-state index contributed by atoms with van der Waals surface area (Å²) in [4.78, 5) is 11.6. The van der Waals surface area contributed by atoms with E-state index in [-0.39, 0.29) is 11.6 Å². The number of hydrogen-bond acceptors (Lipinski definition) is 5. The predicted octanol–water partition coefficient (Wildman–Crippen LogP) is 3.33. The molecule has 0 atom stereocenters. The Morgan fingerprint density at radius 1 is 1.13 bits per heavy atom. The molecule has 3 aromatic heterocycles. The summed E-state index contributed by atoms with van der Waals surface area (Å²) in [6.07, 6.45) is -0.179. The summed E-state index contributed by atoms with van der Waals surface area (Å²) in [6.45, 7) is 1.74. The molecule has 23 heavy (non-hydrogen) atoms. The third-order valence-electron chi connectivity index (χ3n) is 3.05. The van der Waals surface area contributed by atoms with E-state index in [4.69, 9.17) is 0 Å². The molecule has 0 aliphatic carbocycles. The lowest BCUT2D eigenvalue weighted by atomic mass is 10.2. The molecule has 0 radical (unpaired) electrons. The first kappa shape index (κ1) is 14.9. The predicted molar refractivity (Wildman–Crippen MR) is 76.9 cm³/mol. The first-order valence-electron chi connectivity index (χ1n) is 6.57. The van der Waals surface area contributed by atoms with Crippen LogP contribution in [0.1, 0.15) is 11.4 Å². The Hall–Kier alpha value is -2.97. The van der Waals surface area contributed by atoms with Gasteiger partial charge in [-0.15, -0.1) is 0 Å². The molecule has 9 heteroatoms.